The molecule has 0 spiro atoms. The second kappa shape index (κ2) is 9.51. The van der Waals surface area contributed by atoms with Crippen molar-refractivity contribution < 1.29 is 0 Å². The first kappa shape index (κ1) is 24.1. The van der Waals surface area contributed by atoms with Crippen molar-refractivity contribution in [1.82, 2.24) is 19.9 Å². The second-order valence-electron chi connectivity index (χ2n) is 10.7. The molecular weight excluding hydrogens is 545 g/mol. The van der Waals surface area contributed by atoms with Crippen molar-refractivity contribution in [2.45, 2.75) is 0 Å². The number of benzene rings is 6. The number of thiophene rings is 1. The van der Waals surface area contributed by atoms with Gasteiger partial charge in [0, 0.05) is 42.1 Å². The molecule has 0 unspecified atom stereocenters. The van der Waals surface area contributed by atoms with Crippen LogP contribution in [0.25, 0.3) is 86.9 Å². The molecule has 0 N–H and O–H groups in total. The molecule has 5 heteroatoms. The van der Waals surface area contributed by atoms with Gasteiger partial charge in [-0.2, -0.15) is 0 Å². The van der Waals surface area contributed by atoms with E-state index in [1.54, 1.807) is 0 Å². The summed E-state index contributed by atoms with van der Waals surface area (Å²) in [6, 6.07) is 46.2. The number of aromatic nitrogens is 4. The lowest BCUT2D eigenvalue weighted by Crippen LogP contribution is -2.02. The van der Waals surface area contributed by atoms with Gasteiger partial charge in [0.2, 0.25) is 0 Å². The van der Waals surface area contributed by atoms with Crippen molar-refractivity contribution in [2.24, 2.45) is 0 Å². The van der Waals surface area contributed by atoms with Crippen LogP contribution in [-0.4, -0.2) is 19.9 Å². The van der Waals surface area contributed by atoms with E-state index in [0.29, 0.717) is 17.5 Å². The molecule has 3 heterocycles. The van der Waals surface area contributed by atoms with Gasteiger partial charge in [0.1, 0.15) is 5.69 Å². The van der Waals surface area contributed by atoms with Crippen LogP contribution in [0.4, 0.5) is 0 Å². The first-order valence-corrected chi connectivity index (χ1v) is 15.1. The van der Waals surface area contributed by atoms with Gasteiger partial charge in [0.05, 0.1) is 5.52 Å². The number of fused-ring (bicyclic) bond motifs is 8. The van der Waals surface area contributed by atoms with Gasteiger partial charge in [-0.3, -0.25) is 0 Å². The topological polar surface area (TPSA) is 51.6 Å². The molecule has 9 rings (SSSR count). The quantitative estimate of drug-likeness (QED) is 0.200. The Hall–Kier alpha value is -5.52. The minimum absolute atomic E-state index is 0.561. The van der Waals surface area contributed by atoms with Gasteiger partial charge in [0.15, 0.2) is 17.5 Å². The van der Waals surface area contributed by atoms with Crippen LogP contribution < -0.4 is 0 Å². The summed E-state index contributed by atoms with van der Waals surface area (Å²) in [5.41, 5.74) is 3.56. The maximum atomic E-state index is 5.28. The van der Waals surface area contributed by atoms with Crippen LogP contribution in [0.2, 0.25) is 0 Å². The molecular formula is C38H22N4S. The van der Waals surface area contributed by atoms with Crippen molar-refractivity contribution in [3.05, 3.63) is 133 Å². The molecule has 0 aliphatic heterocycles. The first-order chi connectivity index (χ1) is 21.3. The van der Waals surface area contributed by atoms with Crippen molar-refractivity contribution in [1.29, 1.82) is 0 Å². The summed E-state index contributed by atoms with van der Waals surface area (Å²) in [6.45, 7) is 0. The van der Waals surface area contributed by atoms with E-state index in [0.717, 1.165) is 38.5 Å². The van der Waals surface area contributed by atoms with Gasteiger partial charge < -0.3 is 0 Å². The average Bonchev–Trinajstić information content (AvgIpc) is 3.47. The van der Waals surface area contributed by atoms with Gasteiger partial charge in [-0.15, -0.1) is 11.3 Å². The van der Waals surface area contributed by atoms with E-state index < -0.39 is 0 Å². The second-order valence-corrected chi connectivity index (χ2v) is 11.8. The summed E-state index contributed by atoms with van der Waals surface area (Å²) < 4.78 is 2.54. The van der Waals surface area contributed by atoms with Crippen molar-refractivity contribution in [2.75, 3.05) is 0 Å². The van der Waals surface area contributed by atoms with Crippen LogP contribution in [0.15, 0.2) is 133 Å². The number of hydrogen-bond donors (Lipinski definition) is 0. The number of pyridine rings is 1. The molecule has 0 fully saturated rings. The van der Waals surface area contributed by atoms with Gasteiger partial charge in [-0.1, -0.05) is 109 Å². The average molecular weight is 567 g/mol. The number of hydrogen-bond acceptors (Lipinski definition) is 5. The summed E-state index contributed by atoms with van der Waals surface area (Å²) in [5, 5.41) is 8.17. The van der Waals surface area contributed by atoms with Crippen molar-refractivity contribution >= 4 is 64.0 Å². The van der Waals surface area contributed by atoms with Crippen LogP contribution in [0.1, 0.15) is 0 Å². The van der Waals surface area contributed by atoms with Crippen LogP contribution >= 0.6 is 11.3 Å². The number of nitrogens with zero attached hydrogens (tertiary/aromatic N) is 4. The smallest absolute Gasteiger partial charge is 0.183 e. The zero-order chi connectivity index (χ0) is 28.3. The number of rotatable bonds is 3. The Bertz CT molecular complexity index is 2520. The summed E-state index contributed by atoms with van der Waals surface area (Å²) in [7, 11) is 0. The fraction of sp³-hybridized carbons (Fsp3) is 0. The summed E-state index contributed by atoms with van der Waals surface area (Å²) in [5.74, 6) is 1.81. The lowest BCUT2D eigenvalue weighted by atomic mass is 9.99. The Kier molecular flexibility index (Phi) is 5.33. The van der Waals surface area contributed by atoms with E-state index in [2.05, 4.69) is 103 Å². The monoisotopic (exact) mass is 566 g/mol. The van der Waals surface area contributed by atoms with Crippen LogP contribution in [0.5, 0.6) is 0 Å². The zero-order valence-corrected chi connectivity index (χ0v) is 23.7. The fourth-order valence-corrected chi connectivity index (χ4v) is 7.20. The molecule has 0 saturated heterocycles. The lowest BCUT2D eigenvalue weighted by Gasteiger charge is -2.12. The molecule has 0 aliphatic carbocycles. The molecule has 43 heavy (non-hydrogen) atoms. The van der Waals surface area contributed by atoms with Gasteiger partial charge in [-0.05, 0) is 40.4 Å². The molecule has 0 atom stereocenters. The summed E-state index contributed by atoms with van der Waals surface area (Å²) in [4.78, 5) is 20.4. The molecule has 4 nitrogen and oxygen atoms in total. The van der Waals surface area contributed by atoms with Crippen molar-refractivity contribution in [3.8, 4) is 34.3 Å². The molecule has 6 aromatic carbocycles. The van der Waals surface area contributed by atoms with Gasteiger partial charge in [-0.25, -0.2) is 19.9 Å². The molecule has 0 bridgehead atoms. The molecule has 9 aromatic rings. The first-order valence-electron chi connectivity index (χ1n) is 14.2. The Morgan fingerprint density at radius 2 is 1.07 bits per heavy atom. The Morgan fingerprint density at radius 1 is 0.395 bits per heavy atom. The van der Waals surface area contributed by atoms with Crippen LogP contribution in [0.3, 0.4) is 0 Å². The van der Waals surface area contributed by atoms with E-state index in [-0.39, 0.29) is 0 Å². The SMILES string of the molecule is c1ccc(-c2nc(-c3ccc4ccccc4c3)nc(-c3nc4ccc5sc6ccccc6c5c4c4ccccc34)n2)cc1. The molecule has 200 valence electrons. The van der Waals surface area contributed by atoms with E-state index in [9.17, 15) is 0 Å². The highest BCUT2D eigenvalue weighted by molar-refractivity contribution is 7.26. The highest BCUT2D eigenvalue weighted by atomic mass is 32.1. The molecule has 0 saturated carbocycles. The Balaban J connectivity index is 1.35. The fourth-order valence-electron chi connectivity index (χ4n) is 6.09. The molecule has 0 radical (unpaired) electrons. The predicted molar refractivity (Wildman–Crippen MR) is 179 cm³/mol. The van der Waals surface area contributed by atoms with Crippen LogP contribution in [-0.2, 0) is 0 Å². The standard InChI is InChI=1S/C38H22N4S/c1-2-11-24(12-3-1)36-40-37(26-19-18-23-10-4-5-13-25(23)22-26)42-38(41-36)35-28-15-7-6-14-27(28)33-30(39-35)20-21-32-34(33)29-16-8-9-17-31(29)43-32/h1-22H. The molecule has 0 amide bonds. The van der Waals surface area contributed by atoms with Gasteiger partial charge in [0.25, 0.3) is 0 Å². The third-order valence-corrected chi connectivity index (χ3v) is 9.23. The largest absolute Gasteiger partial charge is 0.244 e. The van der Waals surface area contributed by atoms with Crippen molar-refractivity contribution in [3.63, 3.8) is 0 Å². The Labute approximate surface area is 251 Å². The minimum atomic E-state index is 0.561. The molecule has 0 aliphatic rings. The van der Waals surface area contributed by atoms with E-state index in [1.165, 1.54) is 30.9 Å². The maximum Gasteiger partial charge on any atom is 0.183 e. The third-order valence-electron chi connectivity index (χ3n) is 8.09. The highest BCUT2D eigenvalue weighted by Gasteiger charge is 2.19. The van der Waals surface area contributed by atoms with E-state index in [4.69, 9.17) is 19.9 Å². The van der Waals surface area contributed by atoms with Gasteiger partial charge >= 0.3 is 0 Å². The Morgan fingerprint density at radius 3 is 1.93 bits per heavy atom. The maximum absolute atomic E-state index is 5.28. The summed E-state index contributed by atoms with van der Waals surface area (Å²) >= 11 is 1.82. The summed E-state index contributed by atoms with van der Waals surface area (Å²) in [6.07, 6.45) is 0. The zero-order valence-electron chi connectivity index (χ0n) is 22.9. The third kappa shape index (κ3) is 3.90. The van der Waals surface area contributed by atoms with E-state index >= 15 is 0 Å². The minimum Gasteiger partial charge on any atom is -0.244 e. The highest BCUT2D eigenvalue weighted by Crippen LogP contribution is 2.42. The molecule has 3 aromatic heterocycles. The van der Waals surface area contributed by atoms with Crippen LogP contribution in [0, 0.1) is 0 Å². The van der Waals surface area contributed by atoms with E-state index in [1.807, 2.05) is 41.7 Å². The normalized spacial score (nSPS) is 11.7. The lowest BCUT2D eigenvalue weighted by molar-refractivity contribution is 1.07. The predicted octanol–water partition coefficient (Wildman–Crippen LogP) is 10.1.